The van der Waals surface area contributed by atoms with Crippen molar-refractivity contribution in [2.75, 3.05) is 44.2 Å². The van der Waals surface area contributed by atoms with Gasteiger partial charge >= 0.3 is 6.03 Å². The molecule has 0 spiro atoms. The van der Waals surface area contributed by atoms with Gasteiger partial charge in [0.15, 0.2) is 0 Å². The predicted octanol–water partition coefficient (Wildman–Crippen LogP) is 1.66. The minimum atomic E-state index is -0.124. The smallest absolute Gasteiger partial charge is 0.315 e. The molecule has 2 unspecified atom stereocenters. The van der Waals surface area contributed by atoms with Crippen LogP contribution in [-0.2, 0) is 0 Å². The lowest BCUT2D eigenvalue weighted by Crippen LogP contribution is -2.52. The summed E-state index contributed by atoms with van der Waals surface area (Å²) in [6.07, 6.45) is 1.50. The molecule has 1 aliphatic rings. The molecule has 2 atom stereocenters. The molecule has 25 heavy (non-hydrogen) atoms. The van der Waals surface area contributed by atoms with E-state index in [2.05, 4.69) is 44.7 Å². The van der Waals surface area contributed by atoms with E-state index in [1.165, 1.54) is 5.69 Å². The van der Waals surface area contributed by atoms with Crippen molar-refractivity contribution in [1.82, 2.24) is 15.5 Å². The zero-order chi connectivity index (χ0) is 18.1. The van der Waals surface area contributed by atoms with Gasteiger partial charge in [0.05, 0.1) is 0 Å². The van der Waals surface area contributed by atoms with Crippen LogP contribution in [0, 0.1) is 0 Å². The maximum absolute atomic E-state index is 12.0. The monoisotopic (exact) mass is 348 g/mol. The Bertz CT molecular complexity index is 503. The average molecular weight is 348 g/mol. The fraction of sp³-hybridized carbons (Fsp3) is 0.632. The van der Waals surface area contributed by atoms with Gasteiger partial charge in [-0.1, -0.05) is 18.2 Å². The average Bonchev–Trinajstić information content (AvgIpc) is 2.61. The lowest BCUT2D eigenvalue weighted by molar-refractivity contribution is 0.214. The first-order valence-corrected chi connectivity index (χ1v) is 9.28. The Morgan fingerprint density at radius 3 is 2.36 bits per heavy atom. The Kier molecular flexibility index (Phi) is 8.01. The first kappa shape index (κ1) is 19.5. The van der Waals surface area contributed by atoms with Gasteiger partial charge in [0.2, 0.25) is 0 Å². The van der Waals surface area contributed by atoms with Crippen molar-refractivity contribution in [2.24, 2.45) is 0 Å². The molecule has 1 aliphatic heterocycles. The summed E-state index contributed by atoms with van der Waals surface area (Å²) >= 11 is 0. The summed E-state index contributed by atoms with van der Waals surface area (Å²) in [4.78, 5) is 16.8. The van der Waals surface area contributed by atoms with E-state index in [1.807, 2.05) is 19.9 Å². The van der Waals surface area contributed by atoms with Crippen LogP contribution in [0.5, 0.6) is 0 Å². The van der Waals surface area contributed by atoms with Crippen molar-refractivity contribution in [2.45, 2.75) is 38.8 Å². The summed E-state index contributed by atoms with van der Waals surface area (Å²) in [6.45, 7) is 9.08. The summed E-state index contributed by atoms with van der Waals surface area (Å²) in [7, 11) is 0. The van der Waals surface area contributed by atoms with E-state index in [1.54, 1.807) is 0 Å². The van der Waals surface area contributed by atoms with Crippen LogP contribution < -0.4 is 15.5 Å². The van der Waals surface area contributed by atoms with Crippen LogP contribution in [-0.4, -0.2) is 67.5 Å². The van der Waals surface area contributed by atoms with Gasteiger partial charge in [-0.3, -0.25) is 4.90 Å². The fourth-order valence-corrected chi connectivity index (χ4v) is 3.22. The molecule has 6 nitrogen and oxygen atoms in total. The number of aliphatic hydroxyl groups excluding tert-OH is 1. The number of hydrogen-bond acceptors (Lipinski definition) is 4. The SMILES string of the molecule is CC(CCCO)NC(=O)NC(C)CN1CCN(c2ccccc2)CC1. The van der Waals surface area contributed by atoms with Crippen LogP contribution >= 0.6 is 0 Å². The number of benzene rings is 1. The summed E-state index contributed by atoms with van der Waals surface area (Å²) in [5.74, 6) is 0. The molecule has 1 fully saturated rings. The van der Waals surface area contributed by atoms with Crippen LogP contribution in [0.4, 0.5) is 10.5 Å². The first-order valence-electron chi connectivity index (χ1n) is 9.28. The second kappa shape index (κ2) is 10.3. The number of nitrogens with one attached hydrogen (secondary N) is 2. The van der Waals surface area contributed by atoms with Crippen LogP contribution in [0.3, 0.4) is 0 Å². The minimum absolute atomic E-state index is 0.0776. The van der Waals surface area contributed by atoms with Crippen LogP contribution in [0.1, 0.15) is 26.7 Å². The maximum atomic E-state index is 12.0. The second-order valence-electron chi connectivity index (χ2n) is 6.91. The third-order valence-electron chi connectivity index (χ3n) is 4.58. The standard InChI is InChI=1S/C19H32N4O2/c1-16(7-6-14-24)20-19(25)21-17(2)15-22-10-12-23(13-11-22)18-8-4-3-5-9-18/h3-5,8-9,16-17,24H,6-7,10-15H2,1-2H3,(H2,20,21,25). The second-order valence-corrected chi connectivity index (χ2v) is 6.91. The van der Waals surface area contributed by atoms with Crippen molar-refractivity contribution in [3.63, 3.8) is 0 Å². The summed E-state index contributed by atoms with van der Waals surface area (Å²) < 4.78 is 0. The molecule has 3 N–H and O–H groups in total. The predicted molar refractivity (Wildman–Crippen MR) is 102 cm³/mol. The highest BCUT2D eigenvalue weighted by atomic mass is 16.3. The Labute approximate surface area is 151 Å². The molecule has 0 bridgehead atoms. The van der Waals surface area contributed by atoms with Crippen LogP contribution in [0.2, 0.25) is 0 Å². The lowest BCUT2D eigenvalue weighted by atomic mass is 10.2. The summed E-state index contributed by atoms with van der Waals surface area (Å²) in [6, 6.07) is 10.6. The summed E-state index contributed by atoms with van der Waals surface area (Å²) in [5.41, 5.74) is 1.28. The number of carbonyl (C=O) groups is 1. The molecule has 2 rings (SSSR count). The number of para-hydroxylation sites is 1. The molecule has 1 aromatic carbocycles. The number of piperazine rings is 1. The topological polar surface area (TPSA) is 67.8 Å². The van der Waals surface area contributed by atoms with Gasteiger partial charge in [0.1, 0.15) is 0 Å². The van der Waals surface area contributed by atoms with Crippen LogP contribution in [0.25, 0.3) is 0 Å². The number of urea groups is 1. The zero-order valence-electron chi connectivity index (χ0n) is 15.4. The molecule has 0 radical (unpaired) electrons. The quantitative estimate of drug-likeness (QED) is 0.668. The maximum Gasteiger partial charge on any atom is 0.315 e. The van der Waals surface area contributed by atoms with Crippen molar-refractivity contribution >= 4 is 11.7 Å². The highest BCUT2D eigenvalue weighted by Crippen LogP contribution is 2.15. The molecule has 1 heterocycles. The lowest BCUT2D eigenvalue weighted by Gasteiger charge is -2.37. The van der Waals surface area contributed by atoms with E-state index in [0.29, 0.717) is 6.42 Å². The van der Waals surface area contributed by atoms with Gasteiger partial charge in [-0.05, 0) is 38.8 Å². The first-order chi connectivity index (χ1) is 12.1. The molecular weight excluding hydrogens is 316 g/mol. The zero-order valence-corrected chi connectivity index (χ0v) is 15.4. The molecule has 6 heteroatoms. The van der Waals surface area contributed by atoms with Crippen molar-refractivity contribution in [1.29, 1.82) is 0 Å². The van der Waals surface area contributed by atoms with E-state index in [-0.39, 0.29) is 24.7 Å². The van der Waals surface area contributed by atoms with E-state index in [0.717, 1.165) is 39.1 Å². The summed E-state index contributed by atoms with van der Waals surface area (Å²) in [5, 5.41) is 14.8. The Balaban J connectivity index is 1.66. The van der Waals surface area contributed by atoms with E-state index >= 15 is 0 Å². The van der Waals surface area contributed by atoms with Gasteiger partial charge < -0.3 is 20.6 Å². The van der Waals surface area contributed by atoms with E-state index in [9.17, 15) is 4.79 Å². The number of carbonyl (C=O) groups excluding carboxylic acids is 1. The van der Waals surface area contributed by atoms with Crippen molar-refractivity contribution in [3.05, 3.63) is 30.3 Å². The number of rotatable bonds is 8. The Morgan fingerprint density at radius 2 is 1.72 bits per heavy atom. The molecule has 140 valence electrons. The largest absolute Gasteiger partial charge is 0.396 e. The highest BCUT2D eigenvalue weighted by Gasteiger charge is 2.19. The molecule has 2 amide bonds. The van der Waals surface area contributed by atoms with Crippen LogP contribution in [0.15, 0.2) is 30.3 Å². The Hall–Kier alpha value is -1.79. The van der Waals surface area contributed by atoms with Gasteiger partial charge in [0.25, 0.3) is 0 Å². The number of aliphatic hydroxyl groups is 1. The molecule has 1 saturated heterocycles. The van der Waals surface area contributed by atoms with Gasteiger partial charge in [-0.2, -0.15) is 0 Å². The van der Waals surface area contributed by atoms with Gasteiger partial charge in [-0.25, -0.2) is 4.79 Å². The van der Waals surface area contributed by atoms with Crippen molar-refractivity contribution in [3.8, 4) is 0 Å². The number of hydrogen-bond donors (Lipinski definition) is 3. The van der Waals surface area contributed by atoms with E-state index in [4.69, 9.17) is 5.11 Å². The third-order valence-corrected chi connectivity index (χ3v) is 4.58. The van der Waals surface area contributed by atoms with Gasteiger partial charge in [-0.15, -0.1) is 0 Å². The van der Waals surface area contributed by atoms with E-state index < -0.39 is 0 Å². The van der Waals surface area contributed by atoms with Crippen molar-refractivity contribution < 1.29 is 9.90 Å². The van der Waals surface area contributed by atoms with Gasteiger partial charge in [0, 0.05) is 57.1 Å². The normalized spacial score (nSPS) is 17.8. The number of amides is 2. The highest BCUT2D eigenvalue weighted by molar-refractivity contribution is 5.74. The molecular formula is C19H32N4O2. The number of anilines is 1. The molecule has 1 aromatic rings. The minimum Gasteiger partial charge on any atom is -0.396 e. The molecule has 0 aliphatic carbocycles. The molecule has 0 aromatic heterocycles. The third kappa shape index (κ3) is 6.92. The Morgan fingerprint density at radius 1 is 1.08 bits per heavy atom. The number of nitrogens with zero attached hydrogens (tertiary/aromatic N) is 2. The molecule has 0 saturated carbocycles. The fourth-order valence-electron chi connectivity index (χ4n) is 3.22.